The van der Waals surface area contributed by atoms with E-state index >= 15 is 0 Å². The number of anilines is 1. The van der Waals surface area contributed by atoms with E-state index < -0.39 is 29.1 Å². The van der Waals surface area contributed by atoms with Gasteiger partial charge in [-0.2, -0.15) is 0 Å². The first-order valence-electron chi connectivity index (χ1n) is 7.79. The van der Waals surface area contributed by atoms with Gasteiger partial charge in [0.1, 0.15) is 5.56 Å². The molecule has 0 unspecified atom stereocenters. The molecule has 0 spiro atoms. The summed E-state index contributed by atoms with van der Waals surface area (Å²) >= 11 is 5.70. The van der Waals surface area contributed by atoms with Crippen molar-refractivity contribution in [1.82, 2.24) is 0 Å². The molecule has 0 aliphatic heterocycles. The number of nitro groups is 1. The van der Waals surface area contributed by atoms with Gasteiger partial charge < -0.3 is 10.1 Å². The molecular weight excluding hydrogens is 360 g/mol. The molecule has 1 N–H and O–H groups in total. The van der Waals surface area contributed by atoms with E-state index in [0.29, 0.717) is 5.69 Å². The summed E-state index contributed by atoms with van der Waals surface area (Å²) in [7, 11) is 0. The van der Waals surface area contributed by atoms with Gasteiger partial charge in [-0.05, 0) is 29.7 Å². The molecule has 0 heterocycles. The summed E-state index contributed by atoms with van der Waals surface area (Å²) in [4.78, 5) is 34.4. The molecule has 136 valence electrons. The topological polar surface area (TPSA) is 98.5 Å². The second-order valence-electron chi connectivity index (χ2n) is 5.78. The van der Waals surface area contributed by atoms with Crippen LogP contribution in [0.15, 0.2) is 42.5 Å². The maximum absolute atomic E-state index is 12.1. The molecule has 0 bridgehead atoms. The third-order valence-electron chi connectivity index (χ3n) is 3.57. The van der Waals surface area contributed by atoms with Crippen LogP contribution in [0.3, 0.4) is 0 Å². The summed E-state index contributed by atoms with van der Waals surface area (Å²) in [5.74, 6) is -1.31. The molecule has 0 saturated carbocycles. The van der Waals surface area contributed by atoms with Crippen LogP contribution in [0, 0.1) is 10.1 Å². The smallest absolute Gasteiger partial charge is 0.345 e. The highest BCUT2D eigenvalue weighted by Crippen LogP contribution is 2.25. The van der Waals surface area contributed by atoms with Crippen molar-refractivity contribution >= 4 is 34.9 Å². The number of nitrogens with zero attached hydrogens (tertiary/aromatic N) is 1. The van der Waals surface area contributed by atoms with Gasteiger partial charge in [0.05, 0.1) is 4.92 Å². The molecule has 0 atom stereocenters. The van der Waals surface area contributed by atoms with E-state index in [1.807, 2.05) is 26.0 Å². The third-order valence-corrected chi connectivity index (χ3v) is 3.80. The number of halogens is 1. The molecule has 0 radical (unpaired) electrons. The van der Waals surface area contributed by atoms with Gasteiger partial charge in [-0.3, -0.25) is 14.9 Å². The second-order valence-corrected chi connectivity index (χ2v) is 6.22. The Bertz CT molecular complexity index is 851. The van der Waals surface area contributed by atoms with Gasteiger partial charge in [-0.1, -0.05) is 43.6 Å². The number of rotatable bonds is 6. The molecule has 8 heteroatoms. The quantitative estimate of drug-likeness (QED) is 0.463. The number of para-hydroxylation sites is 1. The molecule has 0 aliphatic carbocycles. The van der Waals surface area contributed by atoms with Gasteiger partial charge in [-0.15, -0.1) is 0 Å². The third kappa shape index (κ3) is 4.80. The van der Waals surface area contributed by atoms with Crippen molar-refractivity contribution in [3.05, 3.63) is 68.7 Å². The largest absolute Gasteiger partial charge is 0.452 e. The maximum atomic E-state index is 12.1. The molecular formula is C18H17ClN2O5. The van der Waals surface area contributed by atoms with Gasteiger partial charge in [0.2, 0.25) is 0 Å². The van der Waals surface area contributed by atoms with E-state index in [1.165, 1.54) is 12.1 Å². The molecule has 0 aromatic heterocycles. The van der Waals surface area contributed by atoms with Crippen LogP contribution < -0.4 is 5.32 Å². The number of nitrogens with one attached hydrogen (secondary N) is 1. The van der Waals surface area contributed by atoms with Crippen LogP contribution in [0.5, 0.6) is 0 Å². The molecule has 1 amide bonds. The van der Waals surface area contributed by atoms with Crippen molar-refractivity contribution in [3.63, 3.8) is 0 Å². The Morgan fingerprint density at radius 1 is 1.23 bits per heavy atom. The summed E-state index contributed by atoms with van der Waals surface area (Å²) in [5.41, 5.74) is 0.824. The van der Waals surface area contributed by atoms with Crippen LogP contribution >= 0.6 is 11.6 Å². The average molecular weight is 377 g/mol. The van der Waals surface area contributed by atoms with Crippen LogP contribution in [0.1, 0.15) is 35.7 Å². The zero-order valence-electron chi connectivity index (χ0n) is 14.2. The number of nitro benzene ring substituents is 1. The number of carbonyl (C=O) groups excluding carboxylic acids is 2. The first-order chi connectivity index (χ1) is 12.3. The summed E-state index contributed by atoms with van der Waals surface area (Å²) in [5, 5.41) is 13.8. The van der Waals surface area contributed by atoms with Crippen molar-refractivity contribution in [1.29, 1.82) is 0 Å². The van der Waals surface area contributed by atoms with Crippen LogP contribution in [0.2, 0.25) is 5.02 Å². The van der Waals surface area contributed by atoms with Crippen molar-refractivity contribution in [2.24, 2.45) is 0 Å². The first-order valence-corrected chi connectivity index (χ1v) is 8.17. The minimum absolute atomic E-state index is 0.122. The Labute approximate surface area is 155 Å². The van der Waals surface area contributed by atoms with Crippen LogP contribution in [-0.2, 0) is 9.53 Å². The summed E-state index contributed by atoms with van der Waals surface area (Å²) < 4.78 is 4.89. The molecule has 26 heavy (non-hydrogen) atoms. The number of hydrogen-bond acceptors (Lipinski definition) is 5. The minimum atomic E-state index is -0.972. The number of hydrogen-bond donors (Lipinski definition) is 1. The lowest BCUT2D eigenvalue weighted by atomic mass is 10.0. The SMILES string of the molecule is CC(C)c1ccccc1NC(=O)COC(=O)c1ccc(Cl)cc1[N+](=O)[O-]. The van der Waals surface area contributed by atoms with Crippen LogP contribution in [-0.4, -0.2) is 23.4 Å². The van der Waals surface area contributed by atoms with Gasteiger partial charge in [0.15, 0.2) is 6.61 Å². The fourth-order valence-corrected chi connectivity index (χ4v) is 2.50. The molecule has 0 fully saturated rings. The number of carbonyl (C=O) groups is 2. The van der Waals surface area contributed by atoms with E-state index in [2.05, 4.69) is 5.32 Å². The predicted octanol–water partition coefficient (Wildman–Crippen LogP) is 4.17. The molecule has 2 aromatic rings. The van der Waals surface area contributed by atoms with Gasteiger partial charge in [-0.25, -0.2) is 4.79 Å². The maximum Gasteiger partial charge on any atom is 0.345 e. The standard InChI is InChI=1S/C18H17ClN2O5/c1-11(2)13-5-3-4-6-15(13)20-17(22)10-26-18(23)14-8-7-12(19)9-16(14)21(24)25/h3-9,11H,10H2,1-2H3,(H,20,22). The molecule has 0 saturated heterocycles. The average Bonchev–Trinajstić information content (AvgIpc) is 2.59. The molecule has 7 nitrogen and oxygen atoms in total. The van der Waals surface area contributed by atoms with Gasteiger partial charge in [0, 0.05) is 16.8 Å². The zero-order valence-corrected chi connectivity index (χ0v) is 14.9. The van der Waals surface area contributed by atoms with Crippen LogP contribution in [0.4, 0.5) is 11.4 Å². The van der Waals surface area contributed by atoms with E-state index in [9.17, 15) is 19.7 Å². The Hall–Kier alpha value is -2.93. The van der Waals surface area contributed by atoms with Crippen molar-refractivity contribution in [3.8, 4) is 0 Å². The second kappa shape index (κ2) is 8.44. The summed E-state index contributed by atoms with van der Waals surface area (Å²) in [6, 6.07) is 10.9. The highest BCUT2D eigenvalue weighted by atomic mass is 35.5. The highest BCUT2D eigenvalue weighted by molar-refractivity contribution is 6.31. The molecule has 2 rings (SSSR count). The molecule has 2 aromatic carbocycles. The lowest BCUT2D eigenvalue weighted by Gasteiger charge is -2.13. The monoisotopic (exact) mass is 376 g/mol. The molecule has 0 aliphatic rings. The Balaban J connectivity index is 2.04. The number of ether oxygens (including phenoxy) is 1. The fourth-order valence-electron chi connectivity index (χ4n) is 2.34. The first kappa shape index (κ1) is 19.4. The van der Waals surface area contributed by atoms with Gasteiger partial charge in [0.25, 0.3) is 11.6 Å². The van der Waals surface area contributed by atoms with Crippen molar-refractivity contribution < 1.29 is 19.2 Å². The van der Waals surface area contributed by atoms with E-state index in [0.717, 1.165) is 11.6 Å². The van der Waals surface area contributed by atoms with Crippen molar-refractivity contribution in [2.45, 2.75) is 19.8 Å². The summed E-state index contributed by atoms with van der Waals surface area (Å²) in [6.45, 7) is 3.42. The van der Waals surface area contributed by atoms with Gasteiger partial charge >= 0.3 is 5.97 Å². The highest BCUT2D eigenvalue weighted by Gasteiger charge is 2.22. The Morgan fingerprint density at radius 3 is 2.58 bits per heavy atom. The van der Waals surface area contributed by atoms with E-state index in [-0.39, 0.29) is 16.5 Å². The number of esters is 1. The fraction of sp³-hybridized carbons (Fsp3) is 0.222. The van der Waals surface area contributed by atoms with Crippen LogP contribution in [0.25, 0.3) is 0 Å². The Kier molecular flexibility index (Phi) is 6.30. The minimum Gasteiger partial charge on any atom is -0.452 e. The van der Waals surface area contributed by atoms with E-state index in [1.54, 1.807) is 12.1 Å². The predicted molar refractivity (Wildman–Crippen MR) is 97.5 cm³/mol. The lowest BCUT2D eigenvalue weighted by Crippen LogP contribution is -2.22. The number of amides is 1. The summed E-state index contributed by atoms with van der Waals surface area (Å²) in [6.07, 6.45) is 0. The number of benzene rings is 2. The Morgan fingerprint density at radius 2 is 1.92 bits per heavy atom. The van der Waals surface area contributed by atoms with E-state index in [4.69, 9.17) is 16.3 Å². The van der Waals surface area contributed by atoms with Crippen molar-refractivity contribution in [2.75, 3.05) is 11.9 Å². The normalized spacial score (nSPS) is 10.5. The lowest BCUT2D eigenvalue weighted by molar-refractivity contribution is -0.385. The zero-order chi connectivity index (χ0) is 19.3.